The molecule has 4 aliphatic carbocycles. The van der Waals surface area contributed by atoms with Crippen LogP contribution in [0.2, 0.25) is 0 Å². The Morgan fingerprint density at radius 3 is 2.50 bits per heavy atom. The fraction of sp³-hybridized carbons (Fsp3) is 0.950. The van der Waals surface area contributed by atoms with Crippen molar-refractivity contribution in [3.05, 3.63) is 0 Å². The molecule has 0 amide bonds. The molecule has 0 aromatic heterocycles. The second-order valence-corrected chi connectivity index (χ2v) is 9.44. The molecule has 24 heavy (non-hydrogen) atoms. The smallest absolute Gasteiger partial charge is 0.139 e. The van der Waals surface area contributed by atoms with Gasteiger partial charge < -0.3 is 14.9 Å². The van der Waals surface area contributed by atoms with Gasteiger partial charge in [-0.3, -0.25) is 4.79 Å². The molecule has 2 N–H and O–H groups in total. The van der Waals surface area contributed by atoms with E-state index in [4.69, 9.17) is 4.74 Å². The maximum Gasteiger partial charge on any atom is 0.139 e. The largest absolute Gasteiger partial charge is 0.393 e. The highest BCUT2D eigenvalue weighted by atomic mass is 16.5. The second-order valence-electron chi connectivity index (χ2n) is 9.44. The van der Waals surface area contributed by atoms with Gasteiger partial charge in [0.25, 0.3) is 0 Å². The lowest BCUT2D eigenvalue weighted by atomic mass is 9.44. The summed E-state index contributed by atoms with van der Waals surface area (Å²) >= 11 is 0. The van der Waals surface area contributed by atoms with Crippen LogP contribution in [0, 0.1) is 34.5 Å². The Labute approximate surface area is 145 Å². The van der Waals surface area contributed by atoms with Gasteiger partial charge in [-0.1, -0.05) is 13.8 Å². The average molecular weight is 336 g/mol. The van der Waals surface area contributed by atoms with Crippen LogP contribution in [-0.2, 0) is 9.53 Å². The molecule has 4 heteroatoms. The van der Waals surface area contributed by atoms with Gasteiger partial charge >= 0.3 is 0 Å². The van der Waals surface area contributed by atoms with E-state index >= 15 is 0 Å². The molecule has 0 aromatic rings. The summed E-state index contributed by atoms with van der Waals surface area (Å²) in [4.78, 5) is 12.5. The van der Waals surface area contributed by atoms with E-state index in [9.17, 15) is 15.0 Å². The molecule has 0 aliphatic heterocycles. The van der Waals surface area contributed by atoms with Crippen LogP contribution in [0.5, 0.6) is 0 Å². The van der Waals surface area contributed by atoms with Gasteiger partial charge in [0.05, 0.1) is 18.3 Å². The SMILES string of the molecule is CO[C@H]1[C@H](O)CC[C@]2(C)[C@@H]3[C@@H](CC[C@@H]12)[C@@H]1CCC(=O)[C@@]1(C)C[C@@H]3O. The molecule has 0 heterocycles. The molecule has 0 radical (unpaired) electrons. The Morgan fingerprint density at radius 1 is 1.04 bits per heavy atom. The number of aliphatic hydroxyl groups excluding tert-OH is 2. The minimum atomic E-state index is -0.404. The zero-order valence-corrected chi connectivity index (χ0v) is 15.2. The Hall–Kier alpha value is -0.450. The highest BCUT2D eigenvalue weighted by Crippen LogP contribution is 2.65. The van der Waals surface area contributed by atoms with Crippen molar-refractivity contribution < 1.29 is 19.7 Å². The van der Waals surface area contributed by atoms with Crippen molar-refractivity contribution in [3.8, 4) is 0 Å². The number of rotatable bonds is 1. The third-order valence-electron chi connectivity index (χ3n) is 8.61. The predicted octanol–water partition coefficient (Wildman–Crippen LogP) is 2.55. The quantitative estimate of drug-likeness (QED) is 0.772. The van der Waals surface area contributed by atoms with E-state index in [1.807, 2.05) is 0 Å². The van der Waals surface area contributed by atoms with Crippen molar-refractivity contribution in [3.63, 3.8) is 0 Å². The van der Waals surface area contributed by atoms with Gasteiger partial charge in [-0.2, -0.15) is 0 Å². The maximum absolute atomic E-state index is 12.5. The molecule has 4 aliphatic rings. The maximum atomic E-state index is 12.5. The number of Topliss-reactive ketones (excluding diaryl/α,β-unsaturated/α-hetero) is 1. The van der Waals surface area contributed by atoms with E-state index in [1.54, 1.807) is 7.11 Å². The van der Waals surface area contributed by atoms with Crippen LogP contribution in [0.1, 0.15) is 58.8 Å². The molecule has 4 saturated carbocycles. The summed E-state index contributed by atoms with van der Waals surface area (Å²) < 4.78 is 5.69. The first-order chi connectivity index (χ1) is 11.3. The molecule has 0 unspecified atom stereocenters. The highest BCUT2D eigenvalue weighted by Gasteiger charge is 2.64. The summed E-state index contributed by atoms with van der Waals surface area (Å²) in [5.74, 6) is 1.79. The van der Waals surface area contributed by atoms with Crippen molar-refractivity contribution in [2.75, 3.05) is 7.11 Å². The van der Waals surface area contributed by atoms with Crippen LogP contribution in [0.3, 0.4) is 0 Å². The van der Waals surface area contributed by atoms with Gasteiger partial charge in [0.15, 0.2) is 0 Å². The fourth-order valence-electron chi connectivity index (χ4n) is 7.51. The monoisotopic (exact) mass is 336 g/mol. The lowest BCUT2D eigenvalue weighted by Crippen LogP contribution is -2.62. The molecule has 0 saturated heterocycles. The van der Waals surface area contributed by atoms with Crippen LogP contribution in [0.25, 0.3) is 0 Å². The van der Waals surface area contributed by atoms with E-state index in [2.05, 4.69) is 13.8 Å². The number of methoxy groups -OCH3 is 1. The molecule has 4 rings (SSSR count). The number of ketones is 1. The third kappa shape index (κ3) is 2.05. The number of carbonyl (C=O) groups excluding carboxylic acids is 1. The lowest BCUT2D eigenvalue weighted by molar-refractivity contribution is -0.207. The Morgan fingerprint density at radius 2 is 1.79 bits per heavy atom. The average Bonchev–Trinajstić information content (AvgIpc) is 2.82. The van der Waals surface area contributed by atoms with Gasteiger partial charge in [0.1, 0.15) is 5.78 Å². The molecule has 0 spiro atoms. The Bertz CT molecular complexity index is 534. The summed E-state index contributed by atoms with van der Waals surface area (Å²) in [5.41, 5.74) is -0.298. The molecule has 4 fully saturated rings. The van der Waals surface area contributed by atoms with Gasteiger partial charge in [0, 0.05) is 18.9 Å². The van der Waals surface area contributed by atoms with Crippen molar-refractivity contribution in [1.82, 2.24) is 0 Å². The topological polar surface area (TPSA) is 66.8 Å². The molecule has 0 aromatic carbocycles. The van der Waals surface area contributed by atoms with Gasteiger partial charge in [0.2, 0.25) is 0 Å². The van der Waals surface area contributed by atoms with E-state index in [-0.39, 0.29) is 29.0 Å². The molecule has 9 atom stereocenters. The van der Waals surface area contributed by atoms with Crippen molar-refractivity contribution in [2.45, 2.75) is 77.1 Å². The zero-order valence-electron chi connectivity index (χ0n) is 15.2. The lowest BCUT2D eigenvalue weighted by Gasteiger charge is -2.62. The summed E-state index contributed by atoms with van der Waals surface area (Å²) in [5, 5.41) is 21.5. The molecular weight excluding hydrogens is 304 g/mol. The summed E-state index contributed by atoms with van der Waals surface area (Å²) in [6.45, 7) is 4.42. The normalized spacial score (nSPS) is 57.2. The first kappa shape index (κ1) is 17.0. The Balaban J connectivity index is 1.70. The van der Waals surface area contributed by atoms with Crippen molar-refractivity contribution in [2.24, 2.45) is 34.5 Å². The molecule has 4 nitrogen and oxygen atoms in total. The Kier molecular flexibility index (Phi) is 3.91. The molecular formula is C20H32O4. The number of aliphatic hydroxyl groups is 2. The van der Waals surface area contributed by atoms with Crippen LogP contribution >= 0.6 is 0 Å². The second kappa shape index (κ2) is 5.52. The number of hydrogen-bond acceptors (Lipinski definition) is 4. The van der Waals surface area contributed by atoms with Gasteiger partial charge in [-0.05, 0) is 67.6 Å². The van der Waals surface area contributed by atoms with E-state index < -0.39 is 6.10 Å². The van der Waals surface area contributed by atoms with Crippen LogP contribution in [0.15, 0.2) is 0 Å². The minimum absolute atomic E-state index is 0.00913. The van der Waals surface area contributed by atoms with E-state index in [0.717, 1.165) is 32.1 Å². The number of fused-ring (bicyclic) bond motifs is 5. The van der Waals surface area contributed by atoms with E-state index in [1.165, 1.54) is 0 Å². The first-order valence-corrected chi connectivity index (χ1v) is 9.75. The number of hydrogen-bond donors (Lipinski definition) is 2. The number of ether oxygens (including phenoxy) is 1. The molecule has 136 valence electrons. The third-order valence-corrected chi connectivity index (χ3v) is 8.61. The van der Waals surface area contributed by atoms with Crippen molar-refractivity contribution in [1.29, 1.82) is 0 Å². The summed E-state index contributed by atoms with van der Waals surface area (Å²) in [6, 6.07) is 0. The molecule has 0 bridgehead atoms. The predicted molar refractivity (Wildman–Crippen MR) is 90.3 cm³/mol. The van der Waals surface area contributed by atoms with Crippen LogP contribution in [0.4, 0.5) is 0 Å². The fourth-order valence-corrected chi connectivity index (χ4v) is 7.51. The minimum Gasteiger partial charge on any atom is -0.393 e. The number of carbonyl (C=O) groups is 1. The summed E-state index contributed by atoms with van der Waals surface area (Å²) in [6.07, 6.45) is 5.22. The van der Waals surface area contributed by atoms with Gasteiger partial charge in [-0.25, -0.2) is 0 Å². The zero-order chi connectivity index (χ0) is 17.3. The van der Waals surface area contributed by atoms with Crippen LogP contribution in [-0.4, -0.2) is 41.4 Å². The summed E-state index contributed by atoms with van der Waals surface area (Å²) in [7, 11) is 1.70. The first-order valence-electron chi connectivity index (χ1n) is 9.75. The standard InChI is InChI=1S/C20H32O4/c1-19-9-8-14(21)18(24-3)13(19)5-4-11-12-6-7-16(23)20(12,2)10-15(22)17(11)19/h11-15,17-18,21-22H,4-10H2,1-3H3/t11-,12-,13-,14+,15-,17+,18+,19-,20-/m0/s1. The van der Waals surface area contributed by atoms with Crippen molar-refractivity contribution >= 4 is 5.78 Å². The van der Waals surface area contributed by atoms with E-state index in [0.29, 0.717) is 36.4 Å². The van der Waals surface area contributed by atoms with Gasteiger partial charge in [-0.15, -0.1) is 0 Å². The van der Waals surface area contributed by atoms with Crippen LogP contribution < -0.4 is 0 Å². The highest BCUT2D eigenvalue weighted by molar-refractivity contribution is 5.87.